The maximum atomic E-state index is 6.43. The Labute approximate surface area is 172 Å². The number of nitrogens with zero attached hydrogens (tertiary/aromatic N) is 2. The minimum atomic E-state index is 0.528. The van der Waals surface area contributed by atoms with Crippen molar-refractivity contribution < 1.29 is 0 Å². The molecule has 0 unspecified atom stereocenters. The van der Waals surface area contributed by atoms with Crippen LogP contribution in [0.3, 0.4) is 0 Å². The smallest absolute Gasteiger partial charge is 0.155 e. The number of rotatable bonds is 5. The van der Waals surface area contributed by atoms with E-state index in [1.165, 1.54) is 11.1 Å². The van der Waals surface area contributed by atoms with Gasteiger partial charge in [0.25, 0.3) is 0 Å². The molecule has 3 aromatic carbocycles. The monoisotopic (exact) mass is 384 g/mol. The molecule has 0 radical (unpaired) electrons. The molecule has 0 atom stereocenters. The first-order valence-electron chi connectivity index (χ1n) is 9.99. The fourth-order valence-electron chi connectivity index (χ4n) is 3.29. The molecule has 4 nitrogen and oxygen atoms in total. The Bertz CT molecular complexity index is 1000. The van der Waals surface area contributed by atoms with E-state index >= 15 is 0 Å². The van der Waals surface area contributed by atoms with Gasteiger partial charge in [0, 0.05) is 18.5 Å². The molecule has 4 heteroatoms. The highest BCUT2D eigenvalue weighted by Crippen LogP contribution is 2.34. The molecule has 148 valence electrons. The van der Waals surface area contributed by atoms with Gasteiger partial charge in [-0.15, -0.1) is 0 Å². The fraction of sp³-hybridized carbons (Fsp3) is 0.160. The van der Waals surface area contributed by atoms with E-state index in [9.17, 15) is 0 Å². The molecule has 0 bridgehead atoms. The molecule has 1 aromatic heterocycles. The number of aromatic nitrogens is 1. The molecular weight excluding hydrogens is 356 g/mol. The van der Waals surface area contributed by atoms with Crippen LogP contribution in [0.5, 0.6) is 0 Å². The number of hydrogen-bond donors (Lipinski definition) is 2. The minimum absolute atomic E-state index is 0.528. The zero-order valence-electron chi connectivity index (χ0n) is 17.0. The Hall–Kier alpha value is -3.53. The number of pyridine rings is 1. The van der Waals surface area contributed by atoms with Gasteiger partial charge in [-0.25, -0.2) is 4.98 Å². The highest BCUT2D eigenvalue weighted by Gasteiger charge is 2.17. The summed E-state index contributed by atoms with van der Waals surface area (Å²) < 4.78 is 0. The lowest BCUT2D eigenvalue weighted by Crippen LogP contribution is -2.24. The molecule has 0 amide bonds. The Morgan fingerprint density at radius 2 is 1.14 bits per heavy atom. The third kappa shape index (κ3) is 4.66. The maximum absolute atomic E-state index is 6.43. The van der Waals surface area contributed by atoms with Crippen LogP contribution in [0.25, 0.3) is 10.9 Å². The van der Waals surface area contributed by atoms with Gasteiger partial charge in [0.2, 0.25) is 0 Å². The van der Waals surface area contributed by atoms with Crippen molar-refractivity contribution in [2.75, 3.05) is 16.4 Å². The van der Waals surface area contributed by atoms with Crippen LogP contribution in [-0.2, 0) is 13.1 Å². The highest BCUT2D eigenvalue weighted by molar-refractivity contribution is 6.00. The zero-order chi connectivity index (χ0) is 20.6. The van der Waals surface area contributed by atoms with E-state index in [4.69, 9.17) is 16.5 Å². The van der Waals surface area contributed by atoms with Crippen LogP contribution in [0, 0.1) is 0 Å². The van der Waals surface area contributed by atoms with Crippen molar-refractivity contribution >= 4 is 28.1 Å². The number of para-hydroxylation sites is 1. The number of nitrogen functional groups attached to an aromatic ring is 2. The molecule has 0 aliphatic rings. The molecule has 0 spiro atoms. The van der Waals surface area contributed by atoms with E-state index in [1.807, 2.05) is 74.5 Å². The topological polar surface area (TPSA) is 68.2 Å². The molecule has 1 heterocycles. The van der Waals surface area contributed by atoms with E-state index < -0.39 is 0 Å². The summed E-state index contributed by atoms with van der Waals surface area (Å²) in [5, 5.41) is 0.887. The first-order valence-corrected chi connectivity index (χ1v) is 9.99. The van der Waals surface area contributed by atoms with E-state index in [2.05, 4.69) is 29.2 Å². The van der Waals surface area contributed by atoms with Crippen molar-refractivity contribution in [2.45, 2.75) is 26.9 Å². The molecule has 4 rings (SSSR count). The molecule has 0 aliphatic heterocycles. The zero-order valence-corrected chi connectivity index (χ0v) is 17.0. The van der Waals surface area contributed by atoms with Gasteiger partial charge in [-0.1, -0.05) is 92.7 Å². The second-order valence-corrected chi connectivity index (χ2v) is 6.61. The van der Waals surface area contributed by atoms with Crippen molar-refractivity contribution in [3.05, 3.63) is 96.1 Å². The largest absolute Gasteiger partial charge is 0.396 e. The van der Waals surface area contributed by atoms with E-state index in [0.717, 1.165) is 16.7 Å². The van der Waals surface area contributed by atoms with Gasteiger partial charge in [-0.2, -0.15) is 0 Å². The maximum Gasteiger partial charge on any atom is 0.155 e. The molecule has 29 heavy (non-hydrogen) atoms. The summed E-state index contributed by atoms with van der Waals surface area (Å²) in [6, 6.07) is 28.5. The van der Waals surface area contributed by atoms with Crippen molar-refractivity contribution in [2.24, 2.45) is 0 Å². The average Bonchev–Trinajstić information content (AvgIpc) is 2.79. The number of benzene rings is 3. The summed E-state index contributed by atoms with van der Waals surface area (Å²) in [6.45, 7) is 5.40. The van der Waals surface area contributed by atoms with Crippen LogP contribution in [0.2, 0.25) is 0 Å². The van der Waals surface area contributed by atoms with Crippen LogP contribution in [-0.4, -0.2) is 4.98 Å². The molecule has 4 aromatic rings. The Kier molecular flexibility index (Phi) is 6.69. The van der Waals surface area contributed by atoms with Crippen molar-refractivity contribution in [3.63, 3.8) is 0 Å². The summed E-state index contributed by atoms with van der Waals surface area (Å²) in [7, 11) is 0. The highest BCUT2D eigenvalue weighted by atomic mass is 15.2. The van der Waals surface area contributed by atoms with Crippen LogP contribution >= 0.6 is 0 Å². The molecule has 0 aliphatic carbocycles. The molecular formula is C25H28N4. The first kappa shape index (κ1) is 20.2. The third-order valence-corrected chi connectivity index (χ3v) is 4.68. The normalized spacial score (nSPS) is 10.3. The van der Waals surface area contributed by atoms with Gasteiger partial charge >= 0.3 is 0 Å². The molecule has 4 N–H and O–H groups in total. The standard InChI is InChI=1S/C23H22N4.C2H6/c24-21-19-13-7-8-14-20(19)26-23(22(21)25)27(15-17-9-3-1-4-10-17)16-18-11-5-2-6-12-18;1-2/h1-14H,15-16,25H2,(H2,24,26);1-2H3. The van der Waals surface area contributed by atoms with Crippen LogP contribution < -0.4 is 16.4 Å². The molecule has 0 fully saturated rings. The first-order chi connectivity index (χ1) is 14.2. The fourth-order valence-corrected chi connectivity index (χ4v) is 3.29. The predicted octanol–water partition coefficient (Wildman–Crippen LogP) is 5.63. The minimum Gasteiger partial charge on any atom is -0.396 e. The van der Waals surface area contributed by atoms with Gasteiger partial charge in [0.1, 0.15) is 0 Å². The average molecular weight is 385 g/mol. The quantitative estimate of drug-likeness (QED) is 0.468. The molecule has 0 saturated carbocycles. The Morgan fingerprint density at radius 1 is 0.655 bits per heavy atom. The van der Waals surface area contributed by atoms with E-state index in [0.29, 0.717) is 24.5 Å². The summed E-state index contributed by atoms with van der Waals surface area (Å²) in [5.41, 5.74) is 17.1. The second kappa shape index (κ2) is 9.60. The number of anilines is 3. The van der Waals surface area contributed by atoms with Gasteiger partial charge < -0.3 is 16.4 Å². The number of nitrogens with two attached hydrogens (primary N) is 2. The Balaban J connectivity index is 0.00000117. The van der Waals surface area contributed by atoms with Crippen LogP contribution in [0.1, 0.15) is 25.0 Å². The summed E-state index contributed by atoms with van der Waals surface area (Å²) in [6.07, 6.45) is 0. The number of hydrogen-bond acceptors (Lipinski definition) is 4. The summed E-state index contributed by atoms with van der Waals surface area (Å²) in [4.78, 5) is 7.03. The van der Waals surface area contributed by atoms with E-state index in [1.54, 1.807) is 0 Å². The lowest BCUT2D eigenvalue weighted by Gasteiger charge is -2.26. The predicted molar refractivity (Wildman–Crippen MR) is 125 cm³/mol. The molecule has 0 saturated heterocycles. The van der Waals surface area contributed by atoms with Crippen LogP contribution in [0.4, 0.5) is 17.2 Å². The lowest BCUT2D eigenvalue weighted by atomic mass is 10.1. The van der Waals surface area contributed by atoms with Crippen LogP contribution in [0.15, 0.2) is 84.9 Å². The van der Waals surface area contributed by atoms with Gasteiger partial charge in [0.15, 0.2) is 5.82 Å². The second-order valence-electron chi connectivity index (χ2n) is 6.61. The van der Waals surface area contributed by atoms with Gasteiger partial charge in [-0.3, -0.25) is 0 Å². The SMILES string of the molecule is CC.Nc1c(N(Cc2ccccc2)Cc2ccccc2)nc2ccccc2c1N. The lowest BCUT2D eigenvalue weighted by molar-refractivity contribution is 0.788. The van der Waals surface area contributed by atoms with Crippen molar-refractivity contribution in [1.29, 1.82) is 0 Å². The van der Waals surface area contributed by atoms with Gasteiger partial charge in [-0.05, 0) is 17.2 Å². The number of fused-ring (bicyclic) bond motifs is 1. The third-order valence-electron chi connectivity index (χ3n) is 4.68. The summed E-state index contributed by atoms with van der Waals surface area (Å²) in [5.74, 6) is 0.721. The van der Waals surface area contributed by atoms with E-state index in [-0.39, 0.29) is 0 Å². The van der Waals surface area contributed by atoms with Crippen molar-refractivity contribution in [1.82, 2.24) is 4.98 Å². The van der Waals surface area contributed by atoms with Gasteiger partial charge in [0.05, 0.1) is 16.9 Å². The summed E-state index contributed by atoms with van der Waals surface area (Å²) >= 11 is 0. The van der Waals surface area contributed by atoms with Crippen molar-refractivity contribution in [3.8, 4) is 0 Å². The Morgan fingerprint density at radius 3 is 1.69 bits per heavy atom.